The van der Waals surface area contributed by atoms with E-state index in [0.29, 0.717) is 0 Å². The minimum atomic E-state index is 0.100. The average molecular weight is 590 g/mol. The van der Waals surface area contributed by atoms with Gasteiger partial charge < -0.3 is 4.57 Å². The van der Waals surface area contributed by atoms with Gasteiger partial charge in [0.15, 0.2) is 0 Å². The molecular weight excluding hydrogens is 555 g/mol. The lowest BCUT2D eigenvalue weighted by atomic mass is 9.83. The molecule has 0 saturated carbocycles. The van der Waals surface area contributed by atoms with Crippen molar-refractivity contribution in [1.29, 1.82) is 0 Å². The summed E-state index contributed by atoms with van der Waals surface area (Å²) in [5, 5.41) is 10.5. The Morgan fingerprint density at radius 3 is 1.78 bits per heavy atom. The third kappa shape index (κ3) is 4.08. The molecule has 0 radical (unpaired) electrons. The third-order valence-electron chi connectivity index (χ3n) is 9.91. The first-order valence-electron chi connectivity index (χ1n) is 16.3. The molecule has 0 unspecified atom stereocenters. The van der Waals surface area contributed by atoms with Gasteiger partial charge in [0, 0.05) is 16.5 Å². The van der Waals surface area contributed by atoms with Crippen molar-refractivity contribution in [2.75, 3.05) is 0 Å². The van der Waals surface area contributed by atoms with Crippen LogP contribution in [0.15, 0.2) is 140 Å². The van der Waals surface area contributed by atoms with E-state index in [4.69, 9.17) is 0 Å². The lowest BCUT2D eigenvalue weighted by Crippen LogP contribution is -2.10. The van der Waals surface area contributed by atoms with Crippen molar-refractivity contribution in [2.45, 2.75) is 33.1 Å². The highest BCUT2D eigenvalue weighted by atomic mass is 15.0. The maximum absolute atomic E-state index is 2.44. The van der Waals surface area contributed by atoms with E-state index in [1.165, 1.54) is 93.2 Å². The van der Waals surface area contributed by atoms with Crippen molar-refractivity contribution in [1.82, 2.24) is 4.57 Å². The molecular formula is C45H35N. The maximum Gasteiger partial charge on any atom is 0.0547 e. The molecule has 46 heavy (non-hydrogen) atoms. The molecule has 0 amide bonds. The number of hydrogen-bond donors (Lipinski definition) is 0. The second-order valence-corrected chi connectivity index (χ2v) is 13.9. The summed E-state index contributed by atoms with van der Waals surface area (Å²) in [6, 6.07) is 52.2. The number of para-hydroxylation sites is 1. The van der Waals surface area contributed by atoms with Gasteiger partial charge in [0.25, 0.3) is 0 Å². The Morgan fingerprint density at radius 1 is 0.457 bits per heavy atom. The fourth-order valence-electron chi connectivity index (χ4n) is 7.55. The third-order valence-corrected chi connectivity index (χ3v) is 9.91. The smallest absolute Gasteiger partial charge is 0.0547 e. The molecule has 9 aromatic rings. The molecule has 220 valence electrons. The van der Waals surface area contributed by atoms with E-state index in [1.54, 1.807) is 0 Å². The number of aryl methyl sites for hydroxylation is 1. The van der Waals surface area contributed by atoms with Crippen molar-refractivity contribution in [3.63, 3.8) is 0 Å². The number of rotatable bonds is 3. The topological polar surface area (TPSA) is 4.93 Å². The normalized spacial score (nSPS) is 12.3. The lowest BCUT2D eigenvalue weighted by Gasteiger charge is -2.22. The molecule has 1 nitrogen and oxygen atoms in total. The highest BCUT2D eigenvalue weighted by Crippen LogP contribution is 2.43. The van der Waals surface area contributed by atoms with E-state index in [-0.39, 0.29) is 5.41 Å². The fourth-order valence-corrected chi connectivity index (χ4v) is 7.55. The molecule has 0 bridgehead atoms. The molecule has 0 spiro atoms. The van der Waals surface area contributed by atoms with Gasteiger partial charge >= 0.3 is 0 Å². The van der Waals surface area contributed by atoms with Gasteiger partial charge in [-0.2, -0.15) is 0 Å². The molecule has 0 fully saturated rings. The highest BCUT2D eigenvalue weighted by molar-refractivity contribution is 6.26. The van der Waals surface area contributed by atoms with Crippen LogP contribution in [0.25, 0.3) is 82.1 Å². The van der Waals surface area contributed by atoms with Crippen molar-refractivity contribution in [3.05, 3.63) is 151 Å². The van der Waals surface area contributed by atoms with E-state index in [2.05, 4.69) is 172 Å². The zero-order chi connectivity index (χ0) is 31.2. The van der Waals surface area contributed by atoms with Crippen LogP contribution in [-0.4, -0.2) is 4.57 Å². The molecule has 8 aromatic carbocycles. The van der Waals surface area contributed by atoms with Crippen LogP contribution in [0, 0.1) is 6.92 Å². The molecule has 1 aromatic heterocycles. The molecule has 1 heteroatoms. The quantitative estimate of drug-likeness (QED) is 0.181. The predicted molar refractivity (Wildman–Crippen MR) is 199 cm³/mol. The van der Waals surface area contributed by atoms with Crippen LogP contribution < -0.4 is 0 Å². The second kappa shape index (κ2) is 9.80. The van der Waals surface area contributed by atoms with Gasteiger partial charge in [0.05, 0.1) is 11.0 Å². The summed E-state index contributed by atoms with van der Waals surface area (Å²) in [5.74, 6) is 0. The van der Waals surface area contributed by atoms with Crippen LogP contribution in [0.3, 0.4) is 0 Å². The molecule has 0 aliphatic carbocycles. The Labute approximate surface area is 269 Å². The van der Waals surface area contributed by atoms with Gasteiger partial charge in [0.2, 0.25) is 0 Å². The van der Waals surface area contributed by atoms with Crippen LogP contribution in [0.1, 0.15) is 31.9 Å². The summed E-state index contributed by atoms with van der Waals surface area (Å²) >= 11 is 0. The van der Waals surface area contributed by atoms with E-state index < -0.39 is 0 Å². The molecule has 9 rings (SSSR count). The van der Waals surface area contributed by atoms with Crippen LogP contribution in [0.4, 0.5) is 0 Å². The maximum atomic E-state index is 2.44. The fraction of sp³-hybridized carbons (Fsp3) is 0.111. The minimum Gasteiger partial charge on any atom is -0.309 e. The summed E-state index contributed by atoms with van der Waals surface area (Å²) < 4.78 is 2.44. The first-order chi connectivity index (χ1) is 22.3. The number of benzene rings is 8. The van der Waals surface area contributed by atoms with Crippen molar-refractivity contribution in [2.24, 2.45) is 0 Å². The Balaban J connectivity index is 1.30. The Morgan fingerprint density at radius 2 is 1.07 bits per heavy atom. The zero-order valence-corrected chi connectivity index (χ0v) is 26.7. The van der Waals surface area contributed by atoms with Crippen LogP contribution in [0.2, 0.25) is 0 Å². The summed E-state index contributed by atoms with van der Waals surface area (Å²) in [6.07, 6.45) is 0. The van der Waals surface area contributed by atoms with E-state index >= 15 is 0 Å². The number of fused-ring (bicyclic) bond motifs is 3. The van der Waals surface area contributed by atoms with Crippen molar-refractivity contribution < 1.29 is 0 Å². The predicted octanol–water partition coefficient (Wildman–Crippen LogP) is 12.6. The first kappa shape index (κ1) is 27.0. The van der Waals surface area contributed by atoms with Gasteiger partial charge in [-0.25, -0.2) is 0 Å². The van der Waals surface area contributed by atoms with Crippen LogP contribution in [-0.2, 0) is 5.41 Å². The summed E-state index contributed by atoms with van der Waals surface area (Å²) in [7, 11) is 0. The van der Waals surface area contributed by atoms with Gasteiger partial charge in [-0.15, -0.1) is 0 Å². The second-order valence-electron chi connectivity index (χ2n) is 13.9. The minimum absolute atomic E-state index is 0.100. The van der Waals surface area contributed by atoms with E-state index in [0.717, 1.165) is 0 Å². The Hall–Kier alpha value is -5.40. The van der Waals surface area contributed by atoms with Crippen molar-refractivity contribution >= 4 is 54.1 Å². The monoisotopic (exact) mass is 589 g/mol. The molecule has 0 saturated heterocycles. The summed E-state index contributed by atoms with van der Waals surface area (Å²) in [4.78, 5) is 0. The van der Waals surface area contributed by atoms with Crippen molar-refractivity contribution in [3.8, 4) is 27.9 Å². The van der Waals surface area contributed by atoms with Gasteiger partial charge in [0.1, 0.15) is 0 Å². The van der Waals surface area contributed by atoms with E-state index in [9.17, 15) is 0 Å². The Bertz CT molecular complexity index is 2590. The number of aromatic nitrogens is 1. The average Bonchev–Trinajstić information content (AvgIpc) is 3.39. The Kier molecular flexibility index (Phi) is 5.74. The lowest BCUT2D eigenvalue weighted by molar-refractivity contribution is 0.591. The molecule has 0 aliphatic heterocycles. The summed E-state index contributed by atoms with van der Waals surface area (Å²) in [6.45, 7) is 9.05. The largest absolute Gasteiger partial charge is 0.309 e. The first-order valence-corrected chi connectivity index (χ1v) is 16.3. The molecule has 0 aliphatic rings. The number of hydrogen-bond acceptors (Lipinski definition) is 0. The zero-order valence-electron chi connectivity index (χ0n) is 26.7. The highest BCUT2D eigenvalue weighted by Gasteiger charge is 2.19. The van der Waals surface area contributed by atoms with Gasteiger partial charge in [-0.1, -0.05) is 142 Å². The molecule has 0 atom stereocenters. The standard InChI is InChI=1S/C45H35N/c1-28-9-8-10-30(23-28)31-16-20-38-39-21-17-32(27-42(39)46(41(38)26-31)36-11-6-5-7-12-36)37-19-15-29-13-14-33-24-35(45(2,3)4)25-34-18-22-40(37)44(29)43(33)34/h5-27H,1-4H3. The van der Waals surface area contributed by atoms with Crippen LogP contribution in [0.5, 0.6) is 0 Å². The number of nitrogens with zero attached hydrogens (tertiary/aromatic N) is 1. The molecule has 1 heterocycles. The van der Waals surface area contributed by atoms with Crippen LogP contribution >= 0.6 is 0 Å². The van der Waals surface area contributed by atoms with Gasteiger partial charge in [-0.05, 0) is 96.7 Å². The SMILES string of the molecule is Cc1cccc(-c2ccc3c4ccc(-c5ccc6ccc7cc(C(C)(C)C)cc8ccc5c6c78)cc4n(-c4ccccc4)c3c2)c1. The van der Waals surface area contributed by atoms with Gasteiger partial charge in [-0.3, -0.25) is 0 Å². The van der Waals surface area contributed by atoms with E-state index in [1.807, 2.05) is 0 Å². The summed E-state index contributed by atoms with van der Waals surface area (Å²) in [5.41, 5.74) is 11.4. The molecule has 0 N–H and O–H groups in total.